The van der Waals surface area contributed by atoms with Gasteiger partial charge in [-0.2, -0.15) is 0 Å². The van der Waals surface area contributed by atoms with Crippen molar-refractivity contribution in [2.75, 3.05) is 13.7 Å². The molecule has 0 unspecified atom stereocenters. The Morgan fingerprint density at radius 3 is 1.81 bits per heavy atom. The van der Waals surface area contributed by atoms with Gasteiger partial charge >= 0.3 is 5.97 Å². The largest absolute Gasteiger partial charge is 0.484 e. The highest BCUT2D eigenvalue weighted by Crippen LogP contribution is 2.25. The predicted molar refractivity (Wildman–Crippen MR) is 111 cm³/mol. The summed E-state index contributed by atoms with van der Waals surface area (Å²) in [5.74, 6) is -0.290. The van der Waals surface area contributed by atoms with Gasteiger partial charge in [-0.1, -0.05) is 102 Å². The van der Waals surface area contributed by atoms with Crippen molar-refractivity contribution in [3.63, 3.8) is 0 Å². The maximum atomic E-state index is 11.4. The van der Waals surface area contributed by atoms with E-state index >= 15 is 0 Å². The topological polar surface area (TPSA) is 35.5 Å². The molecule has 150 valence electrons. The Kier molecular flexibility index (Phi) is 14.3. The van der Waals surface area contributed by atoms with Gasteiger partial charge in [0, 0.05) is 0 Å². The van der Waals surface area contributed by atoms with E-state index in [1.807, 2.05) is 6.07 Å². The second-order valence-corrected chi connectivity index (χ2v) is 8.10. The molecule has 1 rings (SSSR count). The van der Waals surface area contributed by atoms with Crippen molar-refractivity contribution in [2.45, 2.75) is 96.8 Å². The minimum absolute atomic E-state index is 0.290. The van der Waals surface area contributed by atoms with Gasteiger partial charge in [-0.15, -0.1) is 0 Å². The number of carbonyl (C=O) groups is 1. The van der Waals surface area contributed by atoms with Gasteiger partial charge in [0.15, 0.2) is 5.06 Å². The molecule has 1 aromatic rings. The van der Waals surface area contributed by atoms with Gasteiger partial charge in [-0.3, -0.25) is 0 Å². The van der Waals surface area contributed by atoms with E-state index in [9.17, 15) is 4.79 Å². The molecule has 0 spiro atoms. The molecule has 0 fully saturated rings. The van der Waals surface area contributed by atoms with Gasteiger partial charge in [-0.05, 0) is 18.6 Å². The Labute approximate surface area is 164 Å². The highest BCUT2D eigenvalue weighted by Gasteiger charge is 2.09. The van der Waals surface area contributed by atoms with Crippen LogP contribution in [0.1, 0.15) is 106 Å². The summed E-state index contributed by atoms with van der Waals surface area (Å²) in [7, 11) is 1.40. The average molecular weight is 383 g/mol. The molecule has 0 bridgehead atoms. The smallest absolute Gasteiger partial charge is 0.348 e. The van der Waals surface area contributed by atoms with Crippen LogP contribution in [0, 0.1) is 0 Å². The van der Waals surface area contributed by atoms with Crippen LogP contribution >= 0.6 is 11.3 Å². The van der Waals surface area contributed by atoms with Gasteiger partial charge in [0.1, 0.15) is 4.88 Å². The van der Waals surface area contributed by atoms with Crippen LogP contribution in [0.2, 0.25) is 0 Å². The third-order valence-electron chi connectivity index (χ3n) is 4.71. The van der Waals surface area contributed by atoms with Crippen molar-refractivity contribution in [1.29, 1.82) is 0 Å². The van der Waals surface area contributed by atoms with Crippen LogP contribution in [0.25, 0.3) is 0 Å². The van der Waals surface area contributed by atoms with Crippen LogP contribution in [0.4, 0.5) is 0 Å². The molecule has 0 aliphatic heterocycles. The molecule has 4 heteroatoms. The van der Waals surface area contributed by atoms with E-state index in [-0.39, 0.29) is 5.97 Å². The number of hydrogen-bond donors (Lipinski definition) is 0. The van der Waals surface area contributed by atoms with E-state index < -0.39 is 0 Å². The molecule has 0 aliphatic rings. The summed E-state index contributed by atoms with van der Waals surface area (Å²) in [6.45, 7) is 3.01. The lowest BCUT2D eigenvalue weighted by Gasteiger charge is -2.04. The Bertz CT molecular complexity index is 456. The van der Waals surface area contributed by atoms with Crippen molar-refractivity contribution in [3.05, 3.63) is 17.0 Å². The van der Waals surface area contributed by atoms with Crippen molar-refractivity contribution in [2.24, 2.45) is 0 Å². The molecule has 0 atom stereocenters. The number of thiophene rings is 1. The number of ether oxygens (including phenoxy) is 2. The molecule has 0 aliphatic carbocycles. The number of hydrogen-bond acceptors (Lipinski definition) is 4. The molecule has 1 heterocycles. The maximum Gasteiger partial charge on any atom is 0.348 e. The zero-order valence-corrected chi connectivity index (χ0v) is 17.7. The number of rotatable bonds is 17. The summed E-state index contributed by atoms with van der Waals surface area (Å²) in [6.07, 6.45) is 19.1. The zero-order valence-electron chi connectivity index (χ0n) is 16.9. The van der Waals surface area contributed by atoms with Gasteiger partial charge in [0.25, 0.3) is 0 Å². The SMILES string of the molecule is CCCCCCCCCCCCCCCCOc1ccc(C(=O)OC)s1. The first-order valence-electron chi connectivity index (χ1n) is 10.6. The molecule has 0 amide bonds. The van der Waals surface area contributed by atoms with Crippen LogP contribution in [-0.4, -0.2) is 19.7 Å². The molecule has 0 N–H and O–H groups in total. The summed E-state index contributed by atoms with van der Waals surface area (Å²) in [4.78, 5) is 12.0. The summed E-state index contributed by atoms with van der Waals surface area (Å²) in [5, 5.41) is 0.806. The normalized spacial score (nSPS) is 10.8. The molecule has 0 aromatic carbocycles. The molecule has 0 saturated heterocycles. The van der Waals surface area contributed by atoms with E-state index in [4.69, 9.17) is 9.47 Å². The van der Waals surface area contributed by atoms with Gasteiger partial charge in [-0.25, -0.2) is 4.79 Å². The van der Waals surface area contributed by atoms with Crippen LogP contribution in [0.5, 0.6) is 5.06 Å². The van der Waals surface area contributed by atoms with Crippen molar-refractivity contribution < 1.29 is 14.3 Å². The van der Waals surface area contributed by atoms with Crippen LogP contribution in [0.15, 0.2) is 12.1 Å². The summed E-state index contributed by atoms with van der Waals surface area (Å²) < 4.78 is 10.4. The minimum Gasteiger partial charge on any atom is -0.484 e. The van der Waals surface area contributed by atoms with E-state index in [1.165, 1.54) is 102 Å². The van der Waals surface area contributed by atoms with E-state index in [0.717, 1.165) is 18.1 Å². The Balaban J connectivity index is 1.82. The molecular formula is C22H38O3S. The lowest BCUT2D eigenvalue weighted by Crippen LogP contribution is -1.97. The number of carbonyl (C=O) groups excluding carboxylic acids is 1. The first-order valence-corrected chi connectivity index (χ1v) is 11.4. The maximum absolute atomic E-state index is 11.4. The number of methoxy groups -OCH3 is 1. The molecule has 3 nitrogen and oxygen atoms in total. The quantitative estimate of drug-likeness (QED) is 0.208. The zero-order chi connectivity index (χ0) is 18.9. The molecule has 0 radical (unpaired) electrons. The minimum atomic E-state index is -0.290. The summed E-state index contributed by atoms with van der Waals surface area (Å²) in [5.41, 5.74) is 0. The van der Waals surface area contributed by atoms with Crippen molar-refractivity contribution in [1.82, 2.24) is 0 Å². The fourth-order valence-electron chi connectivity index (χ4n) is 3.08. The van der Waals surface area contributed by atoms with Crippen molar-refractivity contribution >= 4 is 17.3 Å². The summed E-state index contributed by atoms with van der Waals surface area (Å²) >= 11 is 1.36. The fraction of sp³-hybridized carbons (Fsp3) is 0.773. The van der Waals surface area contributed by atoms with Gasteiger partial charge in [0.05, 0.1) is 13.7 Å². The third-order valence-corrected chi connectivity index (χ3v) is 5.69. The van der Waals surface area contributed by atoms with Gasteiger partial charge in [0.2, 0.25) is 0 Å². The summed E-state index contributed by atoms with van der Waals surface area (Å²) in [6, 6.07) is 3.61. The van der Waals surface area contributed by atoms with E-state index in [1.54, 1.807) is 6.07 Å². The second-order valence-electron chi connectivity index (χ2n) is 7.05. The van der Waals surface area contributed by atoms with Crippen LogP contribution < -0.4 is 4.74 Å². The second kappa shape index (κ2) is 16.2. The standard InChI is InChI=1S/C22H38O3S/c1-3-4-5-6-7-8-9-10-11-12-13-14-15-16-19-25-21-18-17-20(26-21)22(23)24-2/h17-18H,3-16,19H2,1-2H3. The number of esters is 1. The first kappa shape index (κ1) is 23.0. The third kappa shape index (κ3) is 11.6. The lowest BCUT2D eigenvalue weighted by atomic mass is 10.0. The molecule has 26 heavy (non-hydrogen) atoms. The average Bonchev–Trinajstić information content (AvgIpc) is 3.13. The van der Waals surface area contributed by atoms with E-state index in [2.05, 4.69) is 6.92 Å². The highest BCUT2D eigenvalue weighted by atomic mass is 32.1. The van der Waals surface area contributed by atoms with Gasteiger partial charge < -0.3 is 9.47 Å². The Morgan fingerprint density at radius 2 is 1.31 bits per heavy atom. The Hall–Kier alpha value is -1.03. The number of unbranched alkanes of at least 4 members (excludes halogenated alkanes) is 13. The fourth-order valence-corrected chi connectivity index (χ4v) is 3.88. The molecule has 1 aromatic heterocycles. The van der Waals surface area contributed by atoms with Crippen LogP contribution in [0.3, 0.4) is 0 Å². The first-order chi connectivity index (χ1) is 12.8. The molecular weight excluding hydrogens is 344 g/mol. The highest BCUT2D eigenvalue weighted by molar-refractivity contribution is 7.15. The predicted octanol–water partition coefficient (Wildman–Crippen LogP) is 7.39. The monoisotopic (exact) mass is 382 g/mol. The molecule has 0 saturated carbocycles. The van der Waals surface area contributed by atoms with E-state index in [0.29, 0.717) is 4.88 Å². The lowest BCUT2D eigenvalue weighted by molar-refractivity contribution is 0.0606. The van der Waals surface area contributed by atoms with Crippen LogP contribution in [-0.2, 0) is 4.74 Å². The Morgan fingerprint density at radius 1 is 0.808 bits per heavy atom. The van der Waals surface area contributed by atoms with Crippen molar-refractivity contribution in [3.8, 4) is 5.06 Å².